The molecule has 0 aromatic heterocycles. The number of carboxylic acid groups (broad SMARTS) is 2. The molecule has 0 atom stereocenters. The van der Waals surface area contributed by atoms with Gasteiger partial charge in [0.25, 0.3) is 0 Å². The summed E-state index contributed by atoms with van der Waals surface area (Å²) < 4.78 is 0. The molecule has 0 fully saturated rings. The molecule has 0 spiro atoms. The average molecular weight is 300 g/mol. The molecule has 6 heteroatoms. The van der Waals surface area contributed by atoms with Crippen LogP contribution in [0.25, 0.3) is 11.6 Å². The molecule has 4 N–H and O–H groups in total. The zero-order chi connectivity index (χ0) is 16.3. The van der Waals surface area contributed by atoms with Crippen molar-refractivity contribution in [1.29, 1.82) is 0 Å². The summed E-state index contributed by atoms with van der Waals surface area (Å²) in [4.78, 5) is 22.7. The first-order valence-electron chi connectivity index (χ1n) is 6.20. The van der Waals surface area contributed by atoms with E-state index in [1.165, 1.54) is 6.08 Å². The second-order valence-electron chi connectivity index (χ2n) is 4.47. The summed E-state index contributed by atoms with van der Waals surface area (Å²) in [5.41, 5.74) is -0.360. The number of aromatic carboxylic acids is 1. The van der Waals surface area contributed by atoms with Crippen molar-refractivity contribution in [2.24, 2.45) is 0 Å². The number of carboxylic acids is 2. The lowest BCUT2D eigenvalue weighted by Crippen LogP contribution is -2.07. The molecule has 0 bridgehead atoms. The number of phenolic OH excluding ortho intramolecular Hbond substituents is 2. The van der Waals surface area contributed by atoms with Crippen molar-refractivity contribution < 1.29 is 30.0 Å². The van der Waals surface area contributed by atoms with E-state index < -0.39 is 29.0 Å². The maximum absolute atomic E-state index is 11.5. The van der Waals surface area contributed by atoms with E-state index in [-0.39, 0.29) is 11.1 Å². The van der Waals surface area contributed by atoms with Gasteiger partial charge in [-0.15, -0.1) is 0 Å². The Labute approximate surface area is 125 Å². The largest absolute Gasteiger partial charge is 0.504 e. The lowest BCUT2D eigenvalue weighted by Gasteiger charge is -2.09. The zero-order valence-corrected chi connectivity index (χ0v) is 11.2. The SMILES string of the molecule is O=C(O)/C(=C/c1ccccc1)c1cc(O)c(O)cc1C(=O)O. The molecule has 22 heavy (non-hydrogen) atoms. The van der Waals surface area contributed by atoms with Gasteiger partial charge in [-0.3, -0.25) is 0 Å². The van der Waals surface area contributed by atoms with E-state index in [0.29, 0.717) is 5.56 Å². The highest BCUT2D eigenvalue weighted by molar-refractivity contribution is 6.22. The Morgan fingerprint density at radius 1 is 0.864 bits per heavy atom. The molecular formula is C16H12O6. The van der Waals surface area contributed by atoms with Crippen molar-refractivity contribution >= 4 is 23.6 Å². The molecule has 6 nitrogen and oxygen atoms in total. The number of rotatable bonds is 4. The number of aromatic hydroxyl groups is 2. The van der Waals surface area contributed by atoms with Crippen molar-refractivity contribution in [1.82, 2.24) is 0 Å². The first-order valence-corrected chi connectivity index (χ1v) is 6.20. The van der Waals surface area contributed by atoms with Crippen LogP contribution in [0.5, 0.6) is 11.5 Å². The second-order valence-corrected chi connectivity index (χ2v) is 4.47. The summed E-state index contributed by atoms with van der Waals surface area (Å²) in [6.07, 6.45) is 1.29. The van der Waals surface area contributed by atoms with Crippen LogP contribution in [0, 0.1) is 0 Å². The number of hydrogen-bond donors (Lipinski definition) is 4. The quantitative estimate of drug-likeness (QED) is 0.391. The van der Waals surface area contributed by atoms with Crippen LogP contribution in [0.15, 0.2) is 42.5 Å². The van der Waals surface area contributed by atoms with Gasteiger partial charge in [0.05, 0.1) is 11.1 Å². The van der Waals surface area contributed by atoms with E-state index in [4.69, 9.17) is 5.11 Å². The van der Waals surface area contributed by atoms with Crippen LogP contribution < -0.4 is 0 Å². The van der Waals surface area contributed by atoms with Gasteiger partial charge in [-0.2, -0.15) is 0 Å². The van der Waals surface area contributed by atoms with Gasteiger partial charge >= 0.3 is 11.9 Å². The Bertz CT molecular complexity index is 762. The Balaban J connectivity index is 2.69. The average Bonchev–Trinajstić information content (AvgIpc) is 2.48. The first-order chi connectivity index (χ1) is 10.4. The van der Waals surface area contributed by atoms with Crippen LogP contribution in [-0.4, -0.2) is 32.4 Å². The molecule has 2 rings (SSSR count). The highest BCUT2D eigenvalue weighted by Crippen LogP contribution is 2.33. The van der Waals surface area contributed by atoms with Crippen LogP contribution in [0.4, 0.5) is 0 Å². The van der Waals surface area contributed by atoms with Crippen LogP contribution in [0.2, 0.25) is 0 Å². The standard InChI is InChI=1S/C16H12O6/c17-13-7-10(12(16(21)22)8-14(13)18)11(15(19)20)6-9-4-2-1-3-5-9/h1-8,17-18H,(H,19,20)(H,21,22)/b11-6+. The van der Waals surface area contributed by atoms with Gasteiger partial charge in [-0.1, -0.05) is 30.3 Å². The van der Waals surface area contributed by atoms with E-state index in [1.807, 2.05) is 0 Å². The third-order valence-corrected chi connectivity index (χ3v) is 2.98. The van der Waals surface area contributed by atoms with Gasteiger partial charge in [0.15, 0.2) is 11.5 Å². The van der Waals surface area contributed by atoms with Crippen molar-refractivity contribution in [3.8, 4) is 11.5 Å². The minimum Gasteiger partial charge on any atom is -0.504 e. The van der Waals surface area contributed by atoms with Crippen LogP contribution >= 0.6 is 0 Å². The minimum absolute atomic E-state index is 0.195. The predicted molar refractivity (Wildman–Crippen MR) is 78.7 cm³/mol. The summed E-state index contributed by atoms with van der Waals surface area (Å²) in [5, 5.41) is 37.5. The fraction of sp³-hybridized carbons (Fsp3) is 0. The van der Waals surface area contributed by atoms with Crippen LogP contribution in [0.1, 0.15) is 21.5 Å². The molecule has 2 aromatic rings. The number of aliphatic carboxylic acids is 1. The topological polar surface area (TPSA) is 115 Å². The van der Waals surface area contributed by atoms with Crippen LogP contribution in [0.3, 0.4) is 0 Å². The number of carbonyl (C=O) groups is 2. The number of hydrogen-bond acceptors (Lipinski definition) is 4. The van der Waals surface area contributed by atoms with Crippen molar-refractivity contribution in [2.45, 2.75) is 0 Å². The van der Waals surface area contributed by atoms with Crippen molar-refractivity contribution in [3.63, 3.8) is 0 Å². The van der Waals surface area contributed by atoms with Gasteiger partial charge in [-0.25, -0.2) is 9.59 Å². The zero-order valence-electron chi connectivity index (χ0n) is 11.2. The van der Waals surface area contributed by atoms with Crippen molar-refractivity contribution in [3.05, 3.63) is 59.2 Å². The number of phenols is 2. The van der Waals surface area contributed by atoms with E-state index in [2.05, 4.69) is 0 Å². The van der Waals surface area contributed by atoms with E-state index in [1.54, 1.807) is 30.3 Å². The Kier molecular flexibility index (Phi) is 4.13. The maximum atomic E-state index is 11.5. The monoisotopic (exact) mass is 300 g/mol. The fourth-order valence-electron chi connectivity index (χ4n) is 1.95. The Morgan fingerprint density at radius 3 is 1.91 bits per heavy atom. The Morgan fingerprint density at radius 2 is 1.41 bits per heavy atom. The molecule has 0 saturated heterocycles. The third-order valence-electron chi connectivity index (χ3n) is 2.98. The third kappa shape index (κ3) is 3.06. The lowest BCUT2D eigenvalue weighted by atomic mass is 9.97. The molecule has 0 aliphatic carbocycles. The molecule has 0 unspecified atom stereocenters. The minimum atomic E-state index is -1.41. The van der Waals surface area contributed by atoms with Gasteiger partial charge < -0.3 is 20.4 Å². The highest BCUT2D eigenvalue weighted by atomic mass is 16.4. The molecule has 0 aliphatic heterocycles. The van der Waals surface area contributed by atoms with Gasteiger partial charge in [-0.05, 0) is 23.8 Å². The summed E-state index contributed by atoms with van der Waals surface area (Å²) in [6.45, 7) is 0. The van der Waals surface area contributed by atoms with Gasteiger partial charge in [0.2, 0.25) is 0 Å². The van der Waals surface area contributed by atoms with Gasteiger partial charge in [0.1, 0.15) is 0 Å². The van der Waals surface area contributed by atoms with E-state index >= 15 is 0 Å². The lowest BCUT2D eigenvalue weighted by molar-refractivity contribution is -0.130. The Hall–Kier alpha value is -3.28. The summed E-state index contributed by atoms with van der Waals surface area (Å²) in [7, 11) is 0. The molecule has 0 radical (unpaired) electrons. The molecule has 0 amide bonds. The number of benzene rings is 2. The smallest absolute Gasteiger partial charge is 0.336 e. The molecular weight excluding hydrogens is 288 g/mol. The maximum Gasteiger partial charge on any atom is 0.336 e. The fourth-order valence-corrected chi connectivity index (χ4v) is 1.95. The van der Waals surface area contributed by atoms with E-state index in [9.17, 15) is 24.9 Å². The molecule has 0 heterocycles. The predicted octanol–water partition coefficient (Wildman–Crippen LogP) is 2.42. The second kappa shape index (κ2) is 6.01. The van der Waals surface area contributed by atoms with E-state index in [0.717, 1.165) is 12.1 Å². The normalized spacial score (nSPS) is 11.2. The summed E-state index contributed by atoms with van der Waals surface area (Å²) in [6, 6.07) is 10.2. The van der Waals surface area contributed by atoms with Crippen molar-refractivity contribution in [2.75, 3.05) is 0 Å². The summed E-state index contributed by atoms with van der Waals surface area (Å²) in [5.74, 6) is -3.99. The molecule has 0 saturated carbocycles. The summed E-state index contributed by atoms with van der Waals surface area (Å²) >= 11 is 0. The molecule has 112 valence electrons. The first kappa shape index (κ1) is 15.1. The molecule has 0 aliphatic rings. The molecule has 2 aromatic carbocycles. The van der Waals surface area contributed by atoms with Crippen LogP contribution in [-0.2, 0) is 4.79 Å². The van der Waals surface area contributed by atoms with Gasteiger partial charge in [0, 0.05) is 5.56 Å². The highest BCUT2D eigenvalue weighted by Gasteiger charge is 2.21.